The van der Waals surface area contributed by atoms with Crippen molar-refractivity contribution in [1.29, 1.82) is 0 Å². The number of halogens is 1. The van der Waals surface area contributed by atoms with Gasteiger partial charge in [0.25, 0.3) is 0 Å². The molecule has 0 saturated heterocycles. The number of sulfone groups is 1. The summed E-state index contributed by atoms with van der Waals surface area (Å²) in [6, 6.07) is 4.66. The van der Waals surface area contributed by atoms with Crippen molar-refractivity contribution >= 4 is 27.7 Å². The SMILES string of the molecule is CC(CC=O)c1cc(Cl)cc(S(C)(=O)=O)c1. The summed E-state index contributed by atoms with van der Waals surface area (Å²) in [5, 5.41) is 0.371. The highest BCUT2D eigenvalue weighted by Crippen LogP contribution is 2.25. The molecule has 0 N–H and O–H groups in total. The van der Waals surface area contributed by atoms with E-state index < -0.39 is 9.84 Å². The van der Waals surface area contributed by atoms with Crippen LogP contribution in [-0.2, 0) is 14.6 Å². The maximum absolute atomic E-state index is 11.4. The predicted octanol–water partition coefficient (Wildman–Crippen LogP) is 2.44. The zero-order chi connectivity index (χ0) is 12.3. The molecule has 1 unspecified atom stereocenters. The Balaban J connectivity index is 3.23. The first-order valence-electron chi connectivity index (χ1n) is 4.78. The molecular formula is C11H13ClO3S. The normalized spacial score (nSPS) is 13.4. The molecule has 0 bridgehead atoms. The Morgan fingerprint density at radius 2 is 2.00 bits per heavy atom. The van der Waals surface area contributed by atoms with Crippen LogP contribution in [0.5, 0.6) is 0 Å². The largest absolute Gasteiger partial charge is 0.303 e. The first-order valence-corrected chi connectivity index (χ1v) is 7.05. The first-order chi connectivity index (χ1) is 7.34. The van der Waals surface area contributed by atoms with Crippen LogP contribution in [0.2, 0.25) is 5.02 Å². The van der Waals surface area contributed by atoms with Gasteiger partial charge in [-0.15, -0.1) is 0 Å². The van der Waals surface area contributed by atoms with E-state index in [0.717, 1.165) is 18.1 Å². The quantitative estimate of drug-likeness (QED) is 0.782. The van der Waals surface area contributed by atoms with Crippen LogP contribution in [0.3, 0.4) is 0 Å². The number of rotatable bonds is 4. The lowest BCUT2D eigenvalue weighted by Gasteiger charge is -2.10. The van der Waals surface area contributed by atoms with Crippen LogP contribution in [0.15, 0.2) is 23.1 Å². The highest BCUT2D eigenvalue weighted by atomic mass is 35.5. The molecule has 0 aliphatic heterocycles. The van der Waals surface area contributed by atoms with E-state index in [1.165, 1.54) is 6.07 Å². The van der Waals surface area contributed by atoms with Crippen molar-refractivity contribution in [3.8, 4) is 0 Å². The molecule has 1 atom stereocenters. The summed E-state index contributed by atoms with van der Waals surface area (Å²) in [7, 11) is -3.27. The lowest BCUT2D eigenvalue weighted by Crippen LogP contribution is -2.01. The van der Waals surface area contributed by atoms with E-state index in [4.69, 9.17) is 11.6 Å². The van der Waals surface area contributed by atoms with Crippen LogP contribution in [0, 0.1) is 0 Å². The smallest absolute Gasteiger partial charge is 0.175 e. The van der Waals surface area contributed by atoms with Crippen molar-refractivity contribution in [2.24, 2.45) is 0 Å². The maximum Gasteiger partial charge on any atom is 0.175 e. The predicted molar refractivity (Wildman–Crippen MR) is 63.7 cm³/mol. The molecule has 0 radical (unpaired) electrons. The Morgan fingerprint density at radius 3 is 2.50 bits per heavy atom. The molecule has 5 heteroatoms. The van der Waals surface area contributed by atoms with E-state index in [9.17, 15) is 13.2 Å². The second-order valence-electron chi connectivity index (χ2n) is 3.80. The summed E-state index contributed by atoms with van der Waals surface area (Å²) in [6.07, 6.45) is 2.29. The Hall–Kier alpha value is -0.870. The Kier molecular flexibility index (Phi) is 4.10. The first kappa shape index (κ1) is 13.2. The molecule has 0 heterocycles. The summed E-state index contributed by atoms with van der Waals surface area (Å²) < 4.78 is 22.8. The minimum absolute atomic E-state index is 0.0308. The number of carbonyl (C=O) groups is 1. The average Bonchev–Trinajstić information content (AvgIpc) is 2.16. The third-order valence-electron chi connectivity index (χ3n) is 2.34. The monoisotopic (exact) mass is 260 g/mol. The fraction of sp³-hybridized carbons (Fsp3) is 0.364. The fourth-order valence-electron chi connectivity index (χ4n) is 1.36. The molecule has 1 rings (SSSR count). The highest BCUT2D eigenvalue weighted by molar-refractivity contribution is 7.90. The number of hydrogen-bond acceptors (Lipinski definition) is 3. The Bertz CT molecular complexity index is 494. The number of carbonyl (C=O) groups excluding carboxylic acids is 1. The van der Waals surface area contributed by atoms with Gasteiger partial charge in [-0.25, -0.2) is 8.42 Å². The Morgan fingerprint density at radius 1 is 1.38 bits per heavy atom. The van der Waals surface area contributed by atoms with Gasteiger partial charge in [0.15, 0.2) is 9.84 Å². The van der Waals surface area contributed by atoms with Crippen molar-refractivity contribution in [3.63, 3.8) is 0 Å². The molecule has 1 aromatic rings. The van der Waals surface area contributed by atoms with E-state index in [2.05, 4.69) is 0 Å². The van der Waals surface area contributed by atoms with Crippen molar-refractivity contribution < 1.29 is 13.2 Å². The number of benzene rings is 1. The second kappa shape index (κ2) is 4.97. The van der Waals surface area contributed by atoms with Gasteiger partial charge in [0.2, 0.25) is 0 Å². The van der Waals surface area contributed by atoms with Crippen LogP contribution in [-0.4, -0.2) is 21.0 Å². The molecule has 0 aliphatic rings. The van der Waals surface area contributed by atoms with Crippen LogP contribution in [0.4, 0.5) is 0 Å². The summed E-state index contributed by atoms with van der Waals surface area (Å²) in [4.78, 5) is 10.6. The molecular weight excluding hydrogens is 248 g/mol. The summed E-state index contributed by atoms with van der Waals surface area (Å²) in [6.45, 7) is 1.85. The minimum atomic E-state index is -3.27. The van der Waals surface area contributed by atoms with Crippen LogP contribution < -0.4 is 0 Å². The number of hydrogen-bond donors (Lipinski definition) is 0. The molecule has 1 aromatic carbocycles. The van der Waals surface area contributed by atoms with Crippen molar-refractivity contribution in [1.82, 2.24) is 0 Å². The summed E-state index contributed by atoms with van der Waals surface area (Å²) >= 11 is 5.85. The third-order valence-corrected chi connectivity index (χ3v) is 3.65. The topological polar surface area (TPSA) is 51.2 Å². The molecule has 0 aromatic heterocycles. The molecule has 88 valence electrons. The molecule has 0 fully saturated rings. The lowest BCUT2D eigenvalue weighted by molar-refractivity contribution is -0.108. The van der Waals surface area contributed by atoms with Crippen molar-refractivity contribution in [3.05, 3.63) is 28.8 Å². The van der Waals surface area contributed by atoms with Gasteiger partial charge in [-0.05, 0) is 29.7 Å². The van der Waals surface area contributed by atoms with Gasteiger partial charge in [-0.3, -0.25) is 0 Å². The van der Waals surface area contributed by atoms with Crippen molar-refractivity contribution in [2.45, 2.75) is 24.2 Å². The van der Waals surface area contributed by atoms with E-state index in [1.54, 1.807) is 12.1 Å². The van der Waals surface area contributed by atoms with Crippen LogP contribution >= 0.6 is 11.6 Å². The molecule has 16 heavy (non-hydrogen) atoms. The standard InChI is InChI=1S/C11H13ClO3S/c1-8(3-4-13)9-5-10(12)7-11(6-9)16(2,14)15/h4-8H,3H2,1-2H3. The van der Waals surface area contributed by atoms with Crippen LogP contribution in [0.25, 0.3) is 0 Å². The van der Waals surface area contributed by atoms with Gasteiger partial charge in [-0.2, -0.15) is 0 Å². The fourth-order valence-corrected chi connectivity index (χ4v) is 2.36. The maximum atomic E-state index is 11.4. The summed E-state index contributed by atoms with van der Waals surface area (Å²) in [5.74, 6) is -0.0308. The van der Waals surface area contributed by atoms with Crippen LogP contribution in [0.1, 0.15) is 24.8 Å². The summed E-state index contributed by atoms with van der Waals surface area (Å²) in [5.41, 5.74) is 0.764. The lowest BCUT2D eigenvalue weighted by atomic mass is 9.99. The molecule has 0 spiro atoms. The average molecular weight is 261 g/mol. The highest BCUT2D eigenvalue weighted by Gasteiger charge is 2.12. The molecule has 0 aliphatic carbocycles. The van der Waals surface area contributed by atoms with E-state index >= 15 is 0 Å². The zero-order valence-corrected chi connectivity index (χ0v) is 10.7. The Labute approximate surface area is 100 Å². The molecule has 0 saturated carbocycles. The molecule has 3 nitrogen and oxygen atoms in total. The van der Waals surface area contributed by atoms with Gasteiger partial charge in [0.1, 0.15) is 6.29 Å². The number of aldehydes is 1. The van der Waals surface area contributed by atoms with E-state index in [0.29, 0.717) is 11.4 Å². The molecule has 0 amide bonds. The van der Waals surface area contributed by atoms with E-state index in [-0.39, 0.29) is 10.8 Å². The van der Waals surface area contributed by atoms with Crippen molar-refractivity contribution in [2.75, 3.05) is 6.26 Å². The van der Waals surface area contributed by atoms with E-state index in [1.807, 2.05) is 6.92 Å². The van der Waals surface area contributed by atoms with Gasteiger partial charge < -0.3 is 4.79 Å². The van der Waals surface area contributed by atoms with Gasteiger partial charge >= 0.3 is 0 Å². The van der Waals surface area contributed by atoms with Gasteiger partial charge in [0, 0.05) is 17.7 Å². The van der Waals surface area contributed by atoms with Gasteiger partial charge in [-0.1, -0.05) is 18.5 Å². The minimum Gasteiger partial charge on any atom is -0.303 e. The third kappa shape index (κ3) is 3.32. The van der Waals surface area contributed by atoms with Gasteiger partial charge in [0.05, 0.1) is 4.90 Å². The second-order valence-corrected chi connectivity index (χ2v) is 6.25. The zero-order valence-electron chi connectivity index (χ0n) is 9.10.